The van der Waals surface area contributed by atoms with Crippen LogP contribution in [0.5, 0.6) is 0 Å². The third-order valence-corrected chi connectivity index (χ3v) is 3.20. The Balaban J connectivity index is 2.41. The fourth-order valence-corrected chi connectivity index (χ4v) is 2.23. The lowest BCUT2D eigenvalue weighted by Gasteiger charge is -2.05. The number of carbonyl (C=O) groups is 2. The first-order valence-corrected chi connectivity index (χ1v) is 6.40. The van der Waals surface area contributed by atoms with E-state index in [0.29, 0.717) is 12.0 Å². The summed E-state index contributed by atoms with van der Waals surface area (Å²) < 4.78 is 0. The summed E-state index contributed by atoms with van der Waals surface area (Å²) in [6, 6.07) is 6.60. The van der Waals surface area contributed by atoms with Crippen LogP contribution < -0.4 is 5.32 Å². The van der Waals surface area contributed by atoms with Crippen LogP contribution in [-0.4, -0.2) is 22.8 Å². The maximum absolute atomic E-state index is 12.1. The third kappa shape index (κ3) is 2.52. The van der Waals surface area contributed by atoms with Gasteiger partial charge in [-0.05, 0) is 19.4 Å². The molecule has 1 aliphatic rings. The standard InChI is InChI=1S/C15H17NO3/c1-3-5-11-14(18)12(15(19)16-11)13(17)10-7-4-6-9(2)8-10/h4,6-8,11,17H,3,5H2,1-2H3,(H,16,19)/b13-12+. The SMILES string of the molecule is CCCC1NC(=O)/C(=C(/O)c2cccc(C)c2)C1=O. The summed E-state index contributed by atoms with van der Waals surface area (Å²) in [6.45, 7) is 3.83. The van der Waals surface area contributed by atoms with Crippen LogP contribution in [0.4, 0.5) is 0 Å². The summed E-state index contributed by atoms with van der Waals surface area (Å²) in [5, 5.41) is 12.8. The lowest BCUT2D eigenvalue weighted by Crippen LogP contribution is -2.28. The Labute approximate surface area is 112 Å². The van der Waals surface area contributed by atoms with E-state index in [1.807, 2.05) is 19.9 Å². The predicted octanol–water partition coefficient (Wildman–Crippen LogP) is 2.13. The Morgan fingerprint density at radius 1 is 1.37 bits per heavy atom. The third-order valence-electron chi connectivity index (χ3n) is 3.20. The number of aryl methyl sites for hydroxylation is 1. The average Bonchev–Trinajstić information content (AvgIpc) is 2.64. The molecule has 0 radical (unpaired) electrons. The first-order valence-electron chi connectivity index (χ1n) is 6.40. The zero-order valence-corrected chi connectivity index (χ0v) is 11.1. The number of Topliss-reactive ketones (excluding diaryl/α,β-unsaturated/α-hetero) is 1. The monoisotopic (exact) mass is 259 g/mol. The molecular formula is C15H17NO3. The van der Waals surface area contributed by atoms with E-state index in [-0.39, 0.29) is 17.1 Å². The van der Waals surface area contributed by atoms with E-state index in [1.165, 1.54) is 0 Å². The summed E-state index contributed by atoms with van der Waals surface area (Å²) in [6.07, 6.45) is 1.39. The van der Waals surface area contributed by atoms with Crippen molar-refractivity contribution in [1.82, 2.24) is 5.32 Å². The van der Waals surface area contributed by atoms with Gasteiger partial charge in [-0.15, -0.1) is 0 Å². The maximum atomic E-state index is 12.1. The molecule has 100 valence electrons. The van der Waals surface area contributed by atoms with Gasteiger partial charge in [-0.25, -0.2) is 0 Å². The van der Waals surface area contributed by atoms with E-state index in [4.69, 9.17) is 0 Å². The number of aliphatic hydroxyl groups is 1. The van der Waals surface area contributed by atoms with Gasteiger partial charge in [0.05, 0.1) is 6.04 Å². The molecule has 1 aromatic carbocycles. The Kier molecular flexibility index (Phi) is 3.69. The van der Waals surface area contributed by atoms with E-state index in [1.54, 1.807) is 18.2 Å². The van der Waals surface area contributed by atoms with Gasteiger partial charge < -0.3 is 10.4 Å². The Morgan fingerprint density at radius 3 is 2.74 bits per heavy atom. The topological polar surface area (TPSA) is 66.4 Å². The van der Waals surface area contributed by atoms with Crippen molar-refractivity contribution in [3.05, 3.63) is 41.0 Å². The van der Waals surface area contributed by atoms with Crippen molar-refractivity contribution in [2.24, 2.45) is 0 Å². The predicted molar refractivity (Wildman–Crippen MR) is 72.6 cm³/mol. The molecular weight excluding hydrogens is 242 g/mol. The van der Waals surface area contributed by atoms with E-state index in [2.05, 4.69) is 5.32 Å². The molecule has 0 spiro atoms. The fourth-order valence-electron chi connectivity index (χ4n) is 2.23. The van der Waals surface area contributed by atoms with Crippen LogP contribution in [0, 0.1) is 6.92 Å². The number of hydrogen-bond acceptors (Lipinski definition) is 3. The molecule has 2 N–H and O–H groups in total. The zero-order valence-electron chi connectivity index (χ0n) is 11.1. The normalized spacial score (nSPS) is 21.5. The molecule has 1 unspecified atom stereocenters. The van der Waals surface area contributed by atoms with E-state index < -0.39 is 11.9 Å². The van der Waals surface area contributed by atoms with Gasteiger partial charge in [0.25, 0.3) is 5.91 Å². The van der Waals surface area contributed by atoms with Crippen LogP contribution in [0.1, 0.15) is 30.9 Å². The van der Waals surface area contributed by atoms with Crippen molar-refractivity contribution in [1.29, 1.82) is 0 Å². The van der Waals surface area contributed by atoms with Crippen molar-refractivity contribution in [3.8, 4) is 0 Å². The minimum atomic E-state index is -0.501. The second kappa shape index (κ2) is 5.26. The Morgan fingerprint density at radius 2 is 2.11 bits per heavy atom. The van der Waals surface area contributed by atoms with Crippen LogP contribution in [0.3, 0.4) is 0 Å². The average molecular weight is 259 g/mol. The Hall–Kier alpha value is -2.10. The molecule has 2 rings (SSSR count). The number of aliphatic hydroxyl groups excluding tert-OH is 1. The lowest BCUT2D eigenvalue weighted by molar-refractivity contribution is -0.117. The lowest BCUT2D eigenvalue weighted by atomic mass is 10.0. The molecule has 1 heterocycles. The number of nitrogens with one attached hydrogen (secondary N) is 1. The number of hydrogen-bond donors (Lipinski definition) is 2. The maximum Gasteiger partial charge on any atom is 0.259 e. The first-order chi connectivity index (χ1) is 9.04. The van der Waals surface area contributed by atoms with Gasteiger partial charge in [0.1, 0.15) is 11.3 Å². The number of amides is 1. The van der Waals surface area contributed by atoms with Crippen LogP contribution in [0.2, 0.25) is 0 Å². The number of ketones is 1. The quantitative estimate of drug-likeness (QED) is 0.496. The molecule has 19 heavy (non-hydrogen) atoms. The molecule has 0 aromatic heterocycles. The number of carbonyl (C=O) groups excluding carboxylic acids is 2. The molecule has 1 amide bonds. The molecule has 1 fully saturated rings. The molecule has 0 bridgehead atoms. The molecule has 1 atom stereocenters. The summed E-state index contributed by atoms with van der Waals surface area (Å²) in [5.41, 5.74) is 1.33. The Bertz CT molecular complexity index is 560. The van der Waals surface area contributed by atoms with E-state index >= 15 is 0 Å². The summed E-state index contributed by atoms with van der Waals surface area (Å²) in [4.78, 5) is 23.9. The molecule has 4 heteroatoms. The van der Waals surface area contributed by atoms with Crippen LogP contribution in [0.25, 0.3) is 5.76 Å². The zero-order chi connectivity index (χ0) is 14.0. The summed E-state index contributed by atoms with van der Waals surface area (Å²) >= 11 is 0. The van der Waals surface area contributed by atoms with Gasteiger partial charge in [0.15, 0.2) is 5.78 Å². The highest BCUT2D eigenvalue weighted by Gasteiger charge is 2.37. The summed E-state index contributed by atoms with van der Waals surface area (Å²) in [7, 11) is 0. The van der Waals surface area contributed by atoms with Gasteiger partial charge in [-0.2, -0.15) is 0 Å². The van der Waals surface area contributed by atoms with Gasteiger partial charge >= 0.3 is 0 Å². The first kappa shape index (κ1) is 13.3. The number of benzene rings is 1. The smallest absolute Gasteiger partial charge is 0.259 e. The minimum Gasteiger partial charge on any atom is -0.506 e. The van der Waals surface area contributed by atoms with Crippen molar-refractivity contribution in [2.45, 2.75) is 32.7 Å². The van der Waals surface area contributed by atoms with Crippen molar-refractivity contribution >= 4 is 17.4 Å². The second-order valence-electron chi connectivity index (χ2n) is 4.77. The highest BCUT2D eigenvalue weighted by Crippen LogP contribution is 2.23. The number of rotatable bonds is 3. The van der Waals surface area contributed by atoms with Crippen molar-refractivity contribution in [3.63, 3.8) is 0 Å². The molecule has 1 saturated heterocycles. The van der Waals surface area contributed by atoms with Gasteiger partial charge in [0, 0.05) is 5.56 Å². The van der Waals surface area contributed by atoms with E-state index in [9.17, 15) is 14.7 Å². The highest BCUT2D eigenvalue weighted by atomic mass is 16.3. The molecule has 4 nitrogen and oxygen atoms in total. The van der Waals surface area contributed by atoms with Crippen molar-refractivity contribution < 1.29 is 14.7 Å². The van der Waals surface area contributed by atoms with E-state index in [0.717, 1.165) is 12.0 Å². The van der Waals surface area contributed by atoms with Gasteiger partial charge in [-0.1, -0.05) is 37.1 Å². The molecule has 0 saturated carbocycles. The van der Waals surface area contributed by atoms with Crippen LogP contribution in [-0.2, 0) is 9.59 Å². The molecule has 1 aliphatic heterocycles. The van der Waals surface area contributed by atoms with Crippen LogP contribution in [0.15, 0.2) is 29.8 Å². The molecule has 0 aliphatic carbocycles. The van der Waals surface area contributed by atoms with Crippen molar-refractivity contribution in [2.75, 3.05) is 0 Å². The minimum absolute atomic E-state index is 0.121. The molecule has 1 aromatic rings. The van der Waals surface area contributed by atoms with Gasteiger partial charge in [-0.3, -0.25) is 9.59 Å². The highest BCUT2D eigenvalue weighted by molar-refractivity contribution is 6.30. The van der Waals surface area contributed by atoms with Gasteiger partial charge in [0.2, 0.25) is 0 Å². The van der Waals surface area contributed by atoms with Crippen LogP contribution >= 0.6 is 0 Å². The fraction of sp³-hybridized carbons (Fsp3) is 0.333. The summed E-state index contributed by atoms with van der Waals surface area (Å²) in [5.74, 6) is -1.03. The second-order valence-corrected chi connectivity index (χ2v) is 4.77. The largest absolute Gasteiger partial charge is 0.506 e.